The lowest BCUT2D eigenvalue weighted by Gasteiger charge is -2.16. The van der Waals surface area contributed by atoms with Gasteiger partial charge in [0.2, 0.25) is 5.91 Å². The number of carbonyl (C=O) groups excluding carboxylic acids is 1. The Morgan fingerprint density at radius 3 is 2.62 bits per heavy atom. The van der Waals surface area contributed by atoms with Crippen molar-refractivity contribution in [3.63, 3.8) is 0 Å². The molecule has 2 heterocycles. The molecule has 0 bridgehead atoms. The van der Waals surface area contributed by atoms with E-state index in [0.717, 1.165) is 0 Å². The van der Waals surface area contributed by atoms with Gasteiger partial charge in [0.15, 0.2) is 23.1 Å². The highest BCUT2D eigenvalue weighted by Crippen LogP contribution is 2.23. The molecule has 180 valence electrons. The summed E-state index contributed by atoms with van der Waals surface area (Å²) in [5, 5.41) is 2.78. The van der Waals surface area contributed by atoms with E-state index in [1.54, 1.807) is 69.1 Å². The van der Waals surface area contributed by atoms with E-state index in [-0.39, 0.29) is 18.4 Å². The first kappa shape index (κ1) is 26.3. The molecule has 9 nitrogen and oxygen atoms in total. The van der Waals surface area contributed by atoms with Crippen LogP contribution in [0.15, 0.2) is 77.3 Å². The van der Waals surface area contributed by atoms with Gasteiger partial charge in [0.1, 0.15) is 11.9 Å². The highest BCUT2D eigenvalue weighted by Gasteiger charge is 2.15. The third kappa shape index (κ3) is 7.56. The summed E-state index contributed by atoms with van der Waals surface area (Å²) in [5.41, 5.74) is 1.18. The molecule has 0 aliphatic rings. The van der Waals surface area contributed by atoms with Crippen LogP contribution >= 0.6 is 0 Å². The molecule has 0 saturated carbocycles. The van der Waals surface area contributed by atoms with Crippen molar-refractivity contribution in [2.45, 2.75) is 19.4 Å². The maximum atomic E-state index is 12.6. The number of hydrogen-bond acceptors (Lipinski definition) is 8. The van der Waals surface area contributed by atoms with Crippen molar-refractivity contribution in [3.05, 3.63) is 78.0 Å². The van der Waals surface area contributed by atoms with Crippen LogP contribution in [0.25, 0.3) is 0 Å². The average Bonchev–Trinajstić information content (AvgIpc) is 2.86. The Kier molecular flexibility index (Phi) is 10.5. The molecular weight excluding hydrogens is 436 g/mol. The average molecular weight is 467 g/mol. The van der Waals surface area contributed by atoms with Crippen LogP contribution < -0.4 is 10.1 Å². The minimum absolute atomic E-state index is 0.0554. The van der Waals surface area contributed by atoms with Crippen LogP contribution in [0.5, 0.6) is 5.75 Å². The van der Waals surface area contributed by atoms with E-state index in [1.165, 1.54) is 14.2 Å². The van der Waals surface area contributed by atoms with Crippen molar-refractivity contribution >= 4 is 23.8 Å². The zero-order valence-electron chi connectivity index (χ0n) is 20.1. The standard InChI is InChI=1S/C25H30N4O5/c1-7-18(14-21(33-5)24(34-6)17(2)31-3)15-23(30)29-22-12-8-10-19(28-22)16-27-25-20(32-4)11-9-13-26-25/h7-14,16-17H,1,15H2,2-6H3,(H,28,29,30)/b18-14+,24-21-,27-16+. The quantitative estimate of drug-likeness (QED) is 0.284. The molecule has 1 atom stereocenters. The third-order valence-electron chi connectivity index (χ3n) is 4.68. The Hall–Kier alpha value is -3.98. The van der Waals surface area contributed by atoms with E-state index in [0.29, 0.717) is 40.2 Å². The minimum Gasteiger partial charge on any atom is -0.494 e. The molecule has 2 aromatic heterocycles. The summed E-state index contributed by atoms with van der Waals surface area (Å²) in [4.78, 5) is 25.5. The van der Waals surface area contributed by atoms with Crippen LogP contribution in [0.4, 0.5) is 11.6 Å². The third-order valence-corrected chi connectivity index (χ3v) is 4.68. The first-order valence-corrected chi connectivity index (χ1v) is 10.4. The number of hydrogen-bond donors (Lipinski definition) is 1. The van der Waals surface area contributed by atoms with Crippen LogP contribution in [-0.4, -0.2) is 56.6 Å². The number of amides is 1. The number of pyridine rings is 2. The highest BCUT2D eigenvalue weighted by molar-refractivity contribution is 5.92. The molecule has 1 unspecified atom stereocenters. The van der Waals surface area contributed by atoms with Gasteiger partial charge in [-0.2, -0.15) is 0 Å². The highest BCUT2D eigenvalue weighted by atomic mass is 16.5. The van der Waals surface area contributed by atoms with Gasteiger partial charge < -0.3 is 24.3 Å². The molecule has 1 amide bonds. The molecule has 2 rings (SSSR count). The molecule has 0 fully saturated rings. The number of aliphatic imine (C=N–C) groups is 1. The lowest BCUT2D eigenvalue weighted by molar-refractivity contribution is -0.115. The van der Waals surface area contributed by atoms with Crippen molar-refractivity contribution < 1.29 is 23.7 Å². The number of ether oxygens (including phenoxy) is 4. The number of nitrogens with one attached hydrogen (secondary N) is 1. The van der Waals surface area contributed by atoms with E-state index >= 15 is 0 Å². The van der Waals surface area contributed by atoms with Gasteiger partial charge in [-0.05, 0) is 42.8 Å². The molecule has 0 radical (unpaired) electrons. The maximum Gasteiger partial charge on any atom is 0.229 e. The molecule has 0 saturated heterocycles. The lowest BCUT2D eigenvalue weighted by atomic mass is 10.1. The molecule has 1 N–H and O–H groups in total. The second-order valence-electron chi connectivity index (χ2n) is 6.90. The zero-order chi connectivity index (χ0) is 24.9. The van der Waals surface area contributed by atoms with E-state index in [1.807, 2.05) is 6.92 Å². The molecule has 9 heteroatoms. The summed E-state index contributed by atoms with van der Waals surface area (Å²) in [7, 11) is 6.17. The number of carbonyl (C=O) groups is 1. The first-order valence-electron chi connectivity index (χ1n) is 10.4. The molecule has 34 heavy (non-hydrogen) atoms. The summed E-state index contributed by atoms with van der Waals surface area (Å²) in [5.74, 6) is 2.05. The summed E-state index contributed by atoms with van der Waals surface area (Å²) >= 11 is 0. The number of allylic oxidation sites excluding steroid dienone is 2. The van der Waals surface area contributed by atoms with Gasteiger partial charge in [0, 0.05) is 13.3 Å². The summed E-state index contributed by atoms with van der Waals surface area (Å²) in [6.07, 6.45) is 6.18. The monoisotopic (exact) mass is 466 g/mol. The molecule has 0 spiro atoms. The van der Waals surface area contributed by atoms with Gasteiger partial charge in [0.05, 0.1) is 39.7 Å². The number of methoxy groups -OCH3 is 4. The van der Waals surface area contributed by atoms with Crippen molar-refractivity contribution in [2.24, 2.45) is 4.99 Å². The topological polar surface area (TPSA) is 104 Å². The van der Waals surface area contributed by atoms with Crippen LogP contribution in [0.2, 0.25) is 0 Å². The fourth-order valence-electron chi connectivity index (χ4n) is 2.89. The summed E-state index contributed by atoms with van der Waals surface area (Å²) in [6, 6.07) is 8.76. The fraction of sp³-hybridized carbons (Fsp3) is 0.280. The predicted molar refractivity (Wildman–Crippen MR) is 131 cm³/mol. The fourth-order valence-corrected chi connectivity index (χ4v) is 2.89. The van der Waals surface area contributed by atoms with Crippen molar-refractivity contribution in [3.8, 4) is 5.75 Å². The van der Waals surface area contributed by atoms with Gasteiger partial charge in [-0.3, -0.25) is 4.79 Å². The van der Waals surface area contributed by atoms with Gasteiger partial charge in [0.25, 0.3) is 0 Å². The van der Waals surface area contributed by atoms with Crippen molar-refractivity contribution in [1.82, 2.24) is 9.97 Å². The SMILES string of the molecule is C=C/C(=C\C(OC)=C(\OC)C(C)OC)CC(=O)Nc1cccc(/C=N/c2ncccc2OC)n1. The van der Waals surface area contributed by atoms with Crippen molar-refractivity contribution in [1.29, 1.82) is 0 Å². The molecule has 2 aromatic rings. The van der Waals surface area contributed by atoms with Gasteiger partial charge in [-0.1, -0.05) is 18.7 Å². The predicted octanol–water partition coefficient (Wildman–Crippen LogP) is 4.22. The van der Waals surface area contributed by atoms with E-state index in [2.05, 4.69) is 26.9 Å². The van der Waals surface area contributed by atoms with E-state index in [4.69, 9.17) is 18.9 Å². The van der Waals surface area contributed by atoms with Crippen LogP contribution in [0.1, 0.15) is 19.0 Å². The molecular formula is C25H30N4O5. The summed E-state index contributed by atoms with van der Waals surface area (Å²) in [6.45, 7) is 5.62. The molecule has 0 aliphatic carbocycles. The number of rotatable bonds is 12. The zero-order valence-corrected chi connectivity index (χ0v) is 20.1. The van der Waals surface area contributed by atoms with E-state index < -0.39 is 0 Å². The number of aromatic nitrogens is 2. The van der Waals surface area contributed by atoms with Crippen LogP contribution in [-0.2, 0) is 19.0 Å². The lowest BCUT2D eigenvalue weighted by Crippen LogP contribution is -2.15. The van der Waals surface area contributed by atoms with Crippen LogP contribution in [0, 0.1) is 0 Å². The van der Waals surface area contributed by atoms with Gasteiger partial charge >= 0.3 is 0 Å². The Bertz CT molecular complexity index is 1080. The van der Waals surface area contributed by atoms with Crippen molar-refractivity contribution in [2.75, 3.05) is 33.8 Å². The second-order valence-corrected chi connectivity index (χ2v) is 6.90. The minimum atomic E-state index is -0.323. The van der Waals surface area contributed by atoms with E-state index in [9.17, 15) is 4.79 Å². The Labute approximate surface area is 199 Å². The number of nitrogens with zero attached hydrogens (tertiary/aromatic N) is 3. The first-order chi connectivity index (χ1) is 16.4. The number of anilines is 1. The van der Waals surface area contributed by atoms with Gasteiger partial charge in [-0.25, -0.2) is 15.0 Å². The summed E-state index contributed by atoms with van der Waals surface area (Å²) < 4.78 is 21.4. The molecule has 0 aromatic carbocycles. The van der Waals surface area contributed by atoms with Gasteiger partial charge in [-0.15, -0.1) is 0 Å². The Morgan fingerprint density at radius 1 is 1.18 bits per heavy atom. The largest absolute Gasteiger partial charge is 0.494 e. The normalized spacial score (nSPS) is 13.1. The Balaban J connectivity index is 2.14. The smallest absolute Gasteiger partial charge is 0.229 e. The Morgan fingerprint density at radius 2 is 1.97 bits per heavy atom. The second kappa shape index (κ2) is 13.5. The molecule has 0 aliphatic heterocycles. The maximum absolute atomic E-state index is 12.6. The van der Waals surface area contributed by atoms with Crippen LogP contribution in [0.3, 0.4) is 0 Å².